The van der Waals surface area contributed by atoms with Crippen LogP contribution in [0.2, 0.25) is 5.02 Å². The maximum Gasteiger partial charge on any atom is 0.339 e. The summed E-state index contributed by atoms with van der Waals surface area (Å²) in [7, 11) is 0. The van der Waals surface area contributed by atoms with Gasteiger partial charge in [0.05, 0.1) is 10.7 Å². The zero-order chi connectivity index (χ0) is 14.0. The fourth-order valence-electron chi connectivity index (χ4n) is 1.42. The van der Waals surface area contributed by atoms with Crippen LogP contribution in [0.3, 0.4) is 0 Å². The molecule has 0 bridgehead atoms. The molecule has 0 fully saturated rings. The predicted octanol–water partition coefficient (Wildman–Crippen LogP) is 2.33. The van der Waals surface area contributed by atoms with Crippen LogP contribution in [-0.4, -0.2) is 22.0 Å². The summed E-state index contributed by atoms with van der Waals surface area (Å²) in [4.78, 5) is 26.8. The molecule has 0 aliphatic carbocycles. The van der Waals surface area contributed by atoms with Crippen LogP contribution in [0.15, 0.2) is 23.6 Å². The molecule has 1 amide bonds. The lowest BCUT2D eigenvalue weighted by molar-refractivity contribution is 0.0698. The van der Waals surface area contributed by atoms with Crippen molar-refractivity contribution in [3.8, 4) is 0 Å². The first-order chi connectivity index (χ1) is 8.99. The molecule has 0 saturated carbocycles. The first-order valence-corrected chi connectivity index (χ1v) is 6.29. The number of aromatic nitrogens is 1. The van der Waals surface area contributed by atoms with E-state index in [9.17, 15) is 9.59 Å². The van der Waals surface area contributed by atoms with Gasteiger partial charge in [0.25, 0.3) is 5.91 Å². The van der Waals surface area contributed by atoms with Crippen molar-refractivity contribution in [3.05, 3.63) is 39.9 Å². The van der Waals surface area contributed by atoms with E-state index in [0.717, 1.165) is 11.3 Å². The third-order valence-corrected chi connectivity index (χ3v) is 3.22. The molecule has 0 aliphatic heterocycles. The third kappa shape index (κ3) is 2.83. The molecule has 19 heavy (non-hydrogen) atoms. The Balaban J connectivity index is 2.31. The Morgan fingerprint density at radius 1 is 1.42 bits per heavy atom. The van der Waals surface area contributed by atoms with Gasteiger partial charge in [-0.3, -0.25) is 4.79 Å². The lowest BCUT2D eigenvalue weighted by Crippen LogP contribution is -2.15. The summed E-state index contributed by atoms with van der Waals surface area (Å²) in [6.07, 6.45) is 0. The van der Waals surface area contributed by atoms with Gasteiger partial charge >= 0.3 is 5.97 Å². The van der Waals surface area contributed by atoms with E-state index in [2.05, 4.69) is 10.3 Å². The Morgan fingerprint density at radius 2 is 2.16 bits per heavy atom. The number of rotatable bonds is 3. The highest BCUT2D eigenvalue weighted by atomic mass is 35.5. The number of amides is 1. The molecular formula is C11H8ClN3O3S. The van der Waals surface area contributed by atoms with E-state index in [1.165, 1.54) is 17.5 Å². The number of halogens is 1. The first kappa shape index (κ1) is 13.3. The van der Waals surface area contributed by atoms with Crippen LogP contribution >= 0.6 is 22.9 Å². The number of carboxylic acid groups (broad SMARTS) is 1. The minimum atomic E-state index is -1.22. The van der Waals surface area contributed by atoms with Crippen molar-refractivity contribution in [2.75, 3.05) is 11.1 Å². The SMILES string of the molecule is Nc1nc(C(=O)Nc2cccc(Cl)c2C(=O)O)cs1. The molecule has 0 aliphatic rings. The monoisotopic (exact) mass is 297 g/mol. The molecule has 6 nitrogen and oxygen atoms in total. The number of nitrogens with two attached hydrogens (primary N) is 1. The maximum atomic E-state index is 11.9. The lowest BCUT2D eigenvalue weighted by atomic mass is 10.1. The number of nitrogens with one attached hydrogen (secondary N) is 1. The Labute approximate surface area is 116 Å². The minimum Gasteiger partial charge on any atom is -0.478 e. The molecule has 0 radical (unpaired) electrons. The van der Waals surface area contributed by atoms with Crippen LogP contribution in [0.1, 0.15) is 20.8 Å². The third-order valence-electron chi connectivity index (χ3n) is 2.23. The Hall–Kier alpha value is -2.12. The van der Waals surface area contributed by atoms with Crippen LogP contribution < -0.4 is 11.1 Å². The summed E-state index contributed by atoms with van der Waals surface area (Å²) in [5.41, 5.74) is 5.49. The van der Waals surface area contributed by atoms with Gasteiger partial charge in [-0.15, -0.1) is 11.3 Å². The van der Waals surface area contributed by atoms with Crippen molar-refractivity contribution in [1.82, 2.24) is 4.98 Å². The number of carboxylic acids is 1. The molecule has 1 heterocycles. The second-order valence-electron chi connectivity index (χ2n) is 3.49. The molecule has 1 aromatic carbocycles. The van der Waals surface area contributed by atoms with Crippen LogP contribution in [0.5, 0.6) is 0 Å². The number of aromatic carboxylic acids is 1. The normalized spacial score (nSPS) is 10.2. The topological polar surface area (TPSA) is 105 Å². The van der Waals surface area contributed by atoms with E-state index < -0.39 is 11.9 Å². The average molecular weight is 298 g/mol. The van der Waals surface area contributed by atoms with Crippen molar-refractivity contribution in [1.29, 1.82) is 0 Å². The van der Waals surface area contributed by atoms with Gasteiger partial charge in [0, 0.05) is 5.38 Å². The standard InChI is InChI=1S/C11H8ClN3O3S/c12-5-2-1-3-6(8(5)10(17)18)14-9(16)7-4-19-11(13)15-7/h1-4H,(H2,13,15)(H,14,16)(H,17,18). The van der Waals surface area contributed by atoms with Gasteiger partial charge < -0.3 is 16.2 Å². The van der Waals surface area contributed by atoms with Crippen molar-refractivity contribution in [2.24, 2.45) is 0 Å². The van der Waals surface area contributed by atoms with Gasteiger partial charge in [-0.25, -0.2) is 9.78 Å². The van der Waals surface area contributed by atoms with Crippen molar-refractivity contribution < 1.29 is 14.7 Å². The number of hydrogen-bond acceptors (Lipinski definition) is 5. The van der Waals surface area contributed by atoms with Gasteiger partial charge in [-0.1, -0.05) is 17.7 Å². The second-order valence-corrected chi connectivity index (χ2v) is 4.79. The van der Waals surface area contributed by atoms with Gasteiger partial charge in [-0.2, -0.15) is 0 Å². The van der Waals surface area contributed by atoms with Crippen LogP contribution in [0.4, 0.5) is 10.8 Å². The molecule has 1 aromatic heterocycles. The molecule has 0 unspecified atom stereocenters. The molecule has 0 atom stereocenters. The first-order valence-electron chi connectivity index (χ1n) is 5.03. The van der Waals surface area contributed by atoms with E-state index in [1.54, 1.807) is 6.07 Å². The van der Waals surface area contributed by atoms with Crippen LogP contribution in [0, 0.1) is 0 Å². The van der Waals surface area contributed by atoms with E-state index >= 15 is 0 Å². The molecule has 2 aromatic rings. The molecular weight excluding hydrogens is 290 g/mol. The van der Waals surface area contributed by atoms with Crippen molar-refractivity contribution >= 4 is 45.6 Å². The van der Waals surface area contributed by atoms with E-state index in [-0.39, 0.29) is 27.1 Å². The van der Waals surface area contributed by atoms with E-state index in [0.29, 0.717) is 0 Å². The van der Waals surface area contributed by atoms with E-state index in [1.807, 2.05) is 0 Å². The number of hydrogen-bond donors (Lipinski definition) is 3. The lowest BCUT2D eigenvalue weighted by Gasteiger charge is -2.08. The molecule has 0 saturated heterocycles. The van der Waals surface area contributed by atoms with Crippen molar-refractivity contribution in [3.63, 3.8) is 0 Å². The van der Waals surface area contributed by atoms with Gasteiger partial charge in [0.2, 0.25) is 0 Å². The van der Waals surface area contributed by atoms with Crippen LogP contribution in [0.25, 0.3) is 0 Å². The molecule has 2 rings (SSSR count). The van der Waals surface area contributed by atoms with Gasteiger partial charge in [0.1, 0.15) is 11.3 Å². The average Bonchev–Trinajstić information content (AvgIpc) is 2.75. The zero-order valence-electron chi connectivity index (χ0n) is 9.38. The summed E-state index contributed by atoms with van der Waals surface area (Å²) in [6.45, 7) is 0. The number of anilines is 2. The molecule has 98 valence electrons. The summed E-state index contributed by atoms with van der Waals surface area (Å²) in [5.74, 6) is -1.77. The number of nitrogens with zero attached hydrogens (tertiary/aromatic N) is 1. The summed E-state index contributed by atoms with van der Waals surface area (Å²) in [6, 6.07) is 4.42. The predicted molar refractivity (Wildman–Crippen MR) is 72.9 cm³/mol. The highest BCUT2D eigenvalue weighted by Gasteiger charge is 2.17. The Kier molecular flexibility index (Phi) is 3.68. The Bertz CT molecular complexity index is 656. The minimum absolute atomic E-state index is 0.0445. The summed E-state index contributed by atoms with van der Waals surface area (Å²) in [5, 5.41) is 13.3. The number of thiazole rings is 1. The number of benzene rings is 1. The molecule has 4 N–H and O–H groups in total. The fourth-order valence-corrected chi connectivity index (χ4v) is 2.22. The molecule has 0 spiro atoms. The number of nitrogen functional groups attached to an aromatic ring is 1. The second kappa shape index (κ2) is 5.25. The summed E-state index contributed by atoms with van der Waals surface area (Å²) >= 11 is 6.91. The van der Waals surface area contributed by atoms with Gasteiger partial charge in [-0.05, 0) is 12.1 Å². The number of carbonyl (C=O) groups is 2. The smallest absolute Gasteiger partial charge is 0.339 e. The highest BCUT2D eigenvalue weighted by Crippen LogP contribution is 2.25. The highest BCUT2D eigenvalue weighted by molar-refractivity contribution is 7.13. The van der Waals surface area contributed by atoms with Gasteiger partial charge in [0.15, 0.2) is 5.13 Å². The summed E-state index contributed by atoms with van der Waals surface area (Å²) < 4.78 is 0. The molecule has 8 heteroatoms. The maximum absolute atomic E-state index is 11.9. The Morgan fingerprint density at radius 3 is 2.74 bits per heavy atom. The fraction of sp³-hybridized carbons (Fsp3) is 0. The largest absolute Gasteiger partial charge is 0.478 e. The quantitative estimate of drug-likeness (QED) is 0.806. The van der Waals surface area contributed by atoms with E-state index in [4.69, 9.17) is 22.4 Å². The number of carbonyl (C=O) groups excluding carboxylic acids is 1. The zero-order valence-corrected chi connectivity index (χ0v) is 11.0. The van der Waals surface area contributed by atoms with Crippen LogP contribution in [-0.2, 0) is 0 Å². The van der Waals surface area contributed by atoms with Crippen molar-refractivity contribution in [2.45, 2.75) is 0 Å².